The van der Waals surface area contributed by atoms with Gasteiger partial charge >= 0.3 is 0 Å². The molecule has 1 aromatic carbocycles. The number of hydrogen-bond donors (Lipinski definition) is 0. The van der Waals surface area contributed by atoms with Crippen LogP contribution in [0.4, 0.5) is 4.39 Å². The molecular weight excluding hydrogens is 267 g/mol. The van der Waals surface area contributed by atoms with Gasteiger partial charge in [-0.15, -0.1) is 0 Å². The maximum absolute atomic E-state index is 13.3. The molecule has 0 aliphatic carbocycles. The summed E-state index contributed by atoms with van der Waals surface area (Å²) in [4.78, 5) is 18.2. The Kier molecular flexibility index (Phi) is 3.11. The van der Waals surface area contributed by atoms with Crippen LogP contribution in [0.3, 0.4) is 0 Å². The molecule has 19 heavy (non-hydrogen) atoms. The fourth-order valence-electron chi connectivity index (χ4n) is 2.37. The average molecular weight is 279 g/mol. The minimum absolute atomic E-state index is 0.124. The molecule has 0 radical (unpaired) electrons. The monoisotopic (exact) mass is 278 g/mol. The average Bonchev–Trinajstić information content (AvgIpc) is 2.93. The number of fused-ring (bicyclic) bond motifs is 1. The van der Waals surface area contributed by atoms with Gasteiger partial charge in [0.15, 0.2) is 0 Å². The van der Waals surface area contributed by atoms with Gasteiger partial charge in [-0.05, 0) is 31.0 Å². The number of benzene rings is 1. The second-order valence-electron chi connectivity index (χ2n) is 4.65. The number of likely N-dealkylation sites (tertiary alicyclic amines) is 1. The molecule has 5 heteroatoms. The fourth-order valence-corrected chi connectivity index (χ4v) is 2.65. The minimum atomic E-state index is -0.387. The highest BCUT2D eigenvalue weighted by atomic mass is 35.5. The molecular formula is C14H12ClFN2O. The third kappa shape index (κ3) is 2.16. The summed E-state index contributed by atoms with van der Waals surface area (Å²) < 4.78 is 13.3. The van der Waals surface area contributed by atoms with Gasteiger partial charge < -0.3 is 4.90 Å². The summed E-state index contributed by atoms with van der Waals surface area (Å²) in [6.07, 6.45) is 3.50. The Morgan fingerprint density at radius 1 is 1.32 bits per heavy atom. The SMILES string of the molecule is O=C(c1cnc2ccc(F)cc2c1Cl)N1CCCC1. The van der Waals surface area contributed by atoms with Gasteiger partial charge in [0.25, 0.3) is 5.91 Å². The smallest absolute Gasteiger partial charge is 0.256 e. The van der Waals surface area contributed by atoms with Gasteiger partial charge in [-0.2, -0.15) is 0 Å². The lowest BCUT2D eigenvalue weighted by Crippen LogP contribution is -2.28. The van der Waals surface area contributed by atoms with Gasteiger partial charge in [0, 0.05) is 24.7 Å². The van der Waals surface area contributed by atoms with Crippen LogP contribution in [0.15, 0.2) is 24.4 Å². The maximum atomic E-state index is 13.3. The first-order valence-electron chi connectivity index (χ1n) is 6.20. The van der Waals surface area contributed by atoms with E-state index in [-0.39, 0.29) is 16.7 Å². The van der Waals surface area contributed by atoms with Crippen molar-refractivity contribution in [2.24, 2.45) is 0 Å². The quantitative estimate of drug-likeness (QED) is 0.802. The van der Waals surface area contributed by atoms with Crippen molar-refractivity contribution in [3.63, 3.8) is 0 Å². The van der Waals surface area contributed by atoms with Gasteiger partial charge in [-0.3, -0.25) is 9.78 Å². The largest absolute Gasteiger partial charge is 0.339 e. The van der Waals surface area contributed by atoms with Crippen molar-refractivity contribution in [2.75, 3.05) is 13.1 Å². The van der Waals surface area contributed by atoms with Crippen LogP contribution in [-0.2, 0) is 0 Å². The second-order valence-corrected chi connectivity index (χ2v) is 5.02. The zero-order valence-corrected chi connectivity index (χ0v) is 11.0. The van der Waals surface area contributed by atoms with Gasteiger partial charge in [-0.25, -0.2) is 4.39 Å². The van der Waals surface area contributed by atoms with Gasteiger partial charge in [0.2, 0.25) is 0 Å². The van der Waals surface area contributed by atoms with Gasteiger partial charge in [-0.1, -0.05) is 11.6 Å². The summed E-state index contributed by atoms with van der Waals surface area (Å²) in [5, 5.41) is 0.758. The Labute approximate surface area is 115 Å². The standard InChI is InChI=1S/C14H12ClFN2O/c15-13-10-7-9(16)3-4-12(10)17-8-11(13)14(19)18-5-1-2-6-18/h3-4,7-8H,1-2,5-6H2. The first-order chi connectivity index (χ1) is 9.16. The Bertz CT molecular complexity index is 653. The Hall–Kier alpha value is -1.68. The summed E-state index contributed by atoms with van der Waals surface area (Å²) in [5.74, 6) is -0.511. The number of hydrogen-bond acceptors (Lipinski definition) is 2. The number of carbonyl (C=O) groups excluding carboxylic acids is 1. The highest BCUT2D eigenvalue weighted by molar-refractivity contribution is 6.38. The molecule has 0 unspecified atom stereocenters. The predicted molar refractivity (Wildman–Crippen MR) is 71.8 cm³/mol. The van der Waals surface area contributed by atoms with Crippen LogP contribution >= 0.6 is 11.6 Å². The molecule has 1 saturated heterocycles. The predicted octanol–water partition coefficient (Wildman–Crippen LogP) is 3.26. The third-order valence-electron chi connectivity index (χ3n) is 3.39. The molecule has 0 saturated carbocycles. The van der Waals surface area contributed by atoms with Crippen LogP contribution in [0.1, 0.15) is 23.2 Å². The van der Waals surface area contributed by atoms with Crippen LogP contribution in [0.25, 0.3) is 10.9 Å². The molecule has 3 rings (SSSR count). The maximum Gasteiger partial charge on any atom is 0.256 e. The summed E-state index contributed by atoms with van der Waals surface area (Å²) in [6, 6.07) is 4.19. The van der Waals surface area contributed by atoms with Crippen molar-refractivity contribution < 1.29 is 9.18 Å². The van der Waals surface area contributed by atoms with E-state index in [9.17, 15) is 9.18 Å². The summed E-state index contributed by atoms with van der Waals surface area (Å²) in [7, 11) is 0. The Balaban J connectivity index is 2.09. The van der Waals surface area contributed by atoms with Crippen LogP contribution in [0, 0.1) is 5.82 Å². The van der Waals surface area contributed by atoms with Crippen molar-refractivity contribution in [2.45, 2.75) is 12.8 Å². The molecule has 98 valence electrons. The number of pyridine rings is 1. The van der Waals surface area contributed by atoms with E-state index in [0.29, 0.717) is 16.5 Å². The van der Waals surface area contributed by atoms with E-state index in [1.807, 2.05) is 0 Å². The molecule has 1 aliphatic rings. The van der Waals surface area contributed by atoms with Crippen LogP contribution in [0.2, 0.25) is 5.02 Å². The lowest BCUT2D eigenvalue weighted by atomic mass is 10.1. The van der Waals surface area contributed by atoms with E-state index in [1.54, 1.807) is 11.0 Å². The molecule has 2 aromatic rings. The van der Waals surface area contributed by atoms with Crippen LogP contribution in [-0.4, -0.2) is 28.9 Å². The molecule has 3 nitrogen and oxygen atoms in total. The minimum Gasteiger partial charge on any atom is -0.339 e. The molecule has 0 spiro atoms. The lowest BCUT2D eigenvalue weighted by Gasteiger charge is -2.16. The molecule has 1 amide bonds. The van der Waals surface area contributed by atoms with Crippen molar-refractivity contribution in [1.82, 2.24) is 9.88 Å². The van der Waals surface area contributed by atoms with Crippen molar-refractivity contribution in [1.29, 1.82) is 0 Å². The number of aromatic nitrogens is 1. The molecule has 1 fully saturated rings. The lowest BCUT2D eigenvalue weighted by molar-refractivity contribution is 0.0793. The summed E-state index contributed by atoms with van der Waals surface area (Å²) >= 11 is 6.23. The van der Waals surface area contributed by atoms with E-state index in [1.165, 1.54) is 18.3 Å². The van der Waals surface area contributed by atoms with E-state index < -0.39 is 0 Å². The van der Waals surface area contributed by atoms with E-state index >= 15 is 0 Å². The first-order valence-corrected chi connectivity index (χ1v) is 6.57. The number of halogens is 2. The zero-order valence-electron chi connectivity index (χ0n) is 10.2. The molecule has 1 aliphatic heterocycles. The third-order valence-corrected chi connectivity index (χ3v) is 3.80. The summed E-state index contributed by atoms with van der Waals surface area (Å²) in [6.45, 7) is 1.49. The van der Waals surface area contributed by atoms with Gasteiger partial charge in [0.05, 0.1) is 16.1 Å². The Morgan fingerprint density at radius 2 is 2.05 bits per heavy atom. The molecule has 0 N–H and O–H groups in total. The number of rotatable bonds is 1. The van der Waals surface area contributed by atoms with Crippen LogP contribution < -0.4 is 0 Å². The topological polar surface area (TPSA) is 33.2 Å². The fraction of sp³-hybridized carbons (Fsp3) is 0.286. The normalized spacial score (nSPS) is 15.2. The van der Waals surface area contributed by atoms with Crippen molar-refractivity contribution >= 4 is 28.4 Å². The van der Waals surface area contributed by atoms with Crippen molar-refractivity contribution in [3.8, 4) is 0 Å². The number of amides is 1. The summed E-state index contributed by atoms with van der Waals surface area (Å²) in [5.41, 5.74) is 0.936. The molecule has 2 heterocycles. The highest BCUT2D eigenvalue weighted by Crippen LogP contribution is 2.28. The van der Waals surface area contributed by atoms with E-state index in [0.717, 1.165) is 25.9 Å². The van der Waals surface area contributed by atoms with Crippen molar-refractivity contribution in [3.05, 3.63) is 40.8 Å². The van der Waals surface area contributed by atoms with Gasteiger partial charge in [0.1, 0.15) is 5.82 Å². The molecule has 0 atom stereocenters. The first kappa shape index (κ1) is 12.4. The highest BCUT2D eigenvalue weighted by Gasteiger charge is 2.22. The zero-order chi connectivity index (χ0) is 13.4. The molecule has 0 bridgehead atoms. The Morgan fingerprint density at radius 3 is 2.79 bits per heavy atom. The van der Waals surface area contributed by atoms with E-state index in [4.69, 9.17) is 11.6 Å². The number of carbonyl (C=O) groups is 1. The second kappa shape index (κ2) is 4.78. The van der Waals surface area contributed by atoms with E-state index in [2.05, 4.69) is 4.98 Å². The number of nitrogens with zero attached hydrogens (tertiary/aromatic N) is 2. The van der Waals surface area contributed by atoms with Crippen LogP contribution in [0.5, 0.6) is 0 Å². The molecule has 1 aromatic heterocycles.